The first kappa shape index (κ1) is 8.94. The summed E-state index contributed by atoms with van der Waals surface area (Å²) in [5, 5.41) is 2.49. The van der Waals surface area contributed by atoms with Crippen LogP contribution in [0, 0.1) is 13.7 Å². The maximum Gasteiger partial charge on any atom is 0.238 e. The molecule has 18 heavy (non-hydrogen) atoms. The summed E-state index contributed by atoms with van der Waals surface area (Å²) in [7, 11) is 0. The lowest BCUT2D eigenvalue weighted by atomic mass is 10.1. The molecule has 0 fully saturated rings. The Kier molecular flexibility index (Phi) is 4.03. The zero-order valence-electron chi connectivity index (χ0n) is 16.6. The van der Waals surface area contributed by atoms with Crippen molar-refractivity contribution >= 4 is 24.0 Å². The lowest BCUT2D eigenvalue weighted by molar-refractivity contribution is -0.117. The van der Waals surface area contributed by atoms with Crippen molar-refractivity contribution in [2.75, 3.05) is 25.0 Å². The molecule has 0 radical (unpaired) electrons. The first-order valence-electron chi connectivity index (χ1n) is 8.66. The monoisotopic (exact) mass is 276 g/mol. The SMILES string of the molecule is Cl.[2H]C([2H])([2H])c1cccc(C([2H])([2H])[2H])c1NC(=O)CN(CC)CC. The van der Waals surface area contributed by atoms with Crippen molar-refractivity contribution < 1.29 is 13.0 Å². The second-order valence-electron chi connectivity index (χ2n) is 3.74. The van der Waals surface area contributed by atoms with Crippen molar-refractivity contribution in [2.24, 2.45) is 0 Å². The van der Waals surface area contributed by atoms with Crippen molar-refractivity contribution in [2.45, 2.75) is 27.6 Å². The molecule has 0 unspecified atom stereocenters. The molecule has 1 N–H and O–H groups in total. The number of anilines is 1. The van der Waals surface area contributed by atoms with E-state index >= 15 is 0 Å². The Morgan fingerprint density at radius 2 is 1.83 bits per heavy atom. The summed E-state index contributed by atoms with van der Waals surface area (Å²) >= 11 is 0. The molecule has 1 aromatic carbocycles. The molecule has 102 valence electrons. The fourth-order valence-electron chi connectivity index (χ4n) is 1.52. The van der Waals surface area contributed by atoms with Crippen LogP contribution in [-0.2, 0) is 4.79 Å². The van der Waals surface area contributed by atoms with E-state index in [2.05, 4.69) is 5.32 Å². The van der Waals surface area contributed by atoms with Crippen LogP contribution in [0.1, 0.15) is 33.2 Å². The molecule has 1 aromatic rings. The third kappa shape index (κ3) is 4.67. The van der Waals surface area contributed by atoms with Crippen LogP contribution in [0.5, 0.6) is 0 Å². The van der Waals surface area contributed by atoms with Crippen LogP contribution < -0.4 is 5.32 Å². The summed E-state index contributed by atoms with van der Waals surface area (Å²) in [5.41, 5.74) is -0.470. The molecule has 0 aliphatic heterocycles. The maximum absolute atomic E-state index is 12.2. The number of carbonyl (C=O) groups is 1. The third-order valence-electron chi connectivity index (χ3n) is 2.59. The van der Waals surface area contributed by atoms with Gasteiger partial charge in [0.2, 0.25) is 5.91 Å². The molecular weight excluding hydrogens is 248 g/mol. The number of para-hydroxylation sites is 1. The van der Waals surface area contributed by atoms with E-state index in [1.54, 1.807) is 0 Å². The third-order valence-corrected chi connectivity index (χ3v) is 2.59. The second kappa shape index (κ2) is 8.11. The molecule has 1 rings (SSSR count). The van der Waals surface area contributed by atoms with Crippen molar-refractivity contribution in [1.82, 2.24) is 4.90 Å². The summed E-state index contributed by atoms with van der Waals surface area (Å²) in [5.74, 6) is -0.434. The van der Waals surface area contributed by atoms with Gasteiger partial charge >= 0.3 is 0 Å². The quantitative estimate of drug-likeness (QED) is 0.897. The summed E-state index contributed by atoms with van der Waals surface area (Å²) in [6.45, 7) is 0.177. The highest BCUT2D eigenvalue weighted by Gasteiger charge is 2.09. The van der Waals surface area contributed by atoms with E-state index in [4.69, 9.17) is 8.22 Å². The van der Waals surface area contributed by atoms with Gasteiger partial charge in [-0.15, -0.1) is 12.4 Å². The first-order chi connectivity index (χ1) is 10.5. The molecule has 0 spiro atoms. The fraction of sp³-hybridized carbons (Fsp3) is 0.500. The van der Waals surface area contributed by atoms with Gasteiger partial charge in [0.05, 0.1) is 6.54 Å². The van der Waals surface area contributed by atoms with Gasteiger partial charge in [-0.3, -0.25) is 9.69 Å². The molecule has 1 amide bonds. The Hall–Kier alpha value is -1.06. The lowest BCUT2D eigenvalue weighted by Crippen LogP contribution is -2.33. The lowest BCUT2D eigenvalue weighted by Gasteiger charge is -2.18. The molecule has 0 heterocycles. The largest absolute Gasteiger partial charge is 0.324 e. The number of hydrogen-bond donors (Lipinski definition) is 1. The number of halogens is 1. The summed E-state index contributed by atoms with van der Waals surface area (Å²) in [4.78, 5) is 14.0. The normalized spacial score (nSPS) is 16.4. The number of carbonyl (C=O) groups excluding carboxylic acids is 1. The molecule has 3 nitrogen and oxygen atoms in total. The zero-order valence-corrected chi connectivity index (χ0v) is 11.4. The van der Waals surface area contributed by atoms with Crippen molar-refractivity contribution in [3.63, 3.8) is 0 Å². The van der Waals surface area contributed by atoms with E-state index < -0.39 is 19.6 Å². The van der Waals surface area contributed by atoms with E-state index in [9.17, 15) is 4.79 Å². The number of likely N-dealkylation sites (N-methyl/N-ethyl adjacent to an activating group) is 1. The average molecular weight is 277 g/mol. The number of nitrogens with one attached hydrogen (secondary N) is 1. The predicted molar refractivity (Wildman–Crippen MR) is 79.6 cm³/mol. The number of hydrogen-bond acceptors (Lipinski definition) is 2. The second-order valence-corrected chi connectivity index (χ2v) is 3.74. The summed E-state index contributed by atoms with van der Waals surface area (Å²) in [6, 6.07) is 4.01. The molecule has 0 bridgehead atoms. The van der Waals surface area contributed by atoms with Crippen LogP contribution in [0.4, 0.5) is 5.69 Å². The van der Waals surface area contributed by atoms with Gasteiger partial charge in [0.15, 0.2) is 0 Å². The number of aryl methyl sites for hydroxylation is 2. The van der Waals surface area contributed by atoms with Gasteiger partial charge in [0, 0.05) is 13.9 Å². The summed E-state index contributed by atoms with van der Waals surface area (Å²) < 4.78 is 45.4. The van der Waals surface area contributed by atoms with Gasteiger partial charge in [-0.2, -0.15) is 0 Å². The molecule has 0 aliphatic rings. The number of amides is 1. The smallest absolute Gasteiger partial charge is 0.238 e. The molecule has 0 atom stereocenters. The first-order valence-corrected chi connectivity index (χ1v) is 5.66. The van der Waals surface area contributed by atoms with Gasteiger partial charge in [0.1, 0.15) is 0 Å². The molecular formula is C14H23ClN2O. The predicted octanol–water partition coefficient (Wildman–Crippen LogP) is 3.01. The Balaban J connectivity index is 0.00000529. The molecule has 0 aromatic heterocycles. The van der Waals surface area contributed by atoms with Gasteiger partial charge in [-0.1, -0.05) is 32.0 Å². The van der Waals surface area contributed by atoms with Crippen molar-refractivity contribution in [3.05, 3.63) is 29.3 Å². The molecule has 0 saturated carbocycles. The van der Waals surface area contributed by atoms with E-state index in [0.29, 0.717) is 13.1 Å². The topological polar surface area (TPSA) is 32.3 Å². The van der Waals surface area contributed by atoms with Crippen LogP contribution in [0.3, 0.4) is 0 Å². The van der Waals surface area contributed by atoms with Crippen LogP contribution in [-0.4, -0.2) is 30.4 Å². The minimum absolute atomic E-state index is 0. The molecule has 0 aliphatic carbocycles. The van der Waals surface area contributed by atoms with Gasteiger partial charge in [-0.05, 0) is 37.9 Å². The van der Waals surface area contributed by atoms with Crippen LogP contribution in [0.2, 0.25) is 0 Å². The van der Waals surface area contributed by atoms with E-state index in [1.807, 2.05) is 18.7 Å². The Bertz CT molecular complexity index is 523. The maximum atomic E-state index is 12.2. The van der Waals surface area contributed by atoms with Gasteiger partial charge in [-0.25, -0.2) is 0 Å². The van der Waals surface area contributed by atoms with Crippen molar-refractivity contribution in [3.8, 4) is 0 Å². The van der Waals surface area contributed by atoms with E-state index in [1.165, 1.54) is 18.2 Å². The number of nitrogens with zero attached hydrogens (tertiary/aromatic N) is 1. The minimum Gasteiger partial charge on any atom is -0.324 e. The van der Waals surface area contributed by atoms with Crippen LogP contribution in [0.15, 0.2) is 18.2 Å². The number of benzene rings is 1. The number of rotatable bonds is 5. The standard InChI is InChI=1S/C14H22N2O.ClH/c1-5-16(6-2)10-13(17)15-14-11(3)8-7-9-12(14)4;/h7-9H,5-6,10H2,1-4H3,(H,15,17);1H/i3D3,4D3;. The van der Waals surface area contributed by atoms with Crippen LogP contribution in [0.25, 0.3) is 0 Å². The Morgan fingerprint density at radius 3 is 2.28 bits per heavy atom. The highest BCUT2D eigenvalue weighted by atomic mass is 35.5. The van der Waals surface area contributed by atoms with Crippen molar-refractivity contribution in [1.29, 1.82) is 0 Å². The molecule has 0 saturated heterocycles. The zero-order chi connectivity index (χ0) is 17.8. The van der Waals surface area contributed by atoms with E-state index in [-0.39, 0.29) is 35.8 Å². The highest BCUT2D eigenvalue weighted by molar-refractivity contribution is 5.93. The Morgan fingerprint density at radius 1 is 1.28 bits per heavy atom. The summed E-state index contributed by atoms with van der Waals surface area (Å²) in [6.07, 6.45) is 0. The van der Waals surface area contributed by atoms with E-state index in [0.717, 1.165) is 0 Å². The van der Waals surface area contributed by atoms with Gasteiger partial charge < -0.3 is 5.32 Å². The molecule has 4 heteroatoms. The fourth-order valence-corrected chi connectivity index (χ4v) is 1.52. The minimum atomic E-state index is -2.51. The average Bonchev–Trinajstić information content (AvgIpc) is 2.42. The van der Waals surface area contributed by atoms with Gasteiger partial charge in [0.25, 0.3) is 0 Å². The van der Waals surface area contributed by atoms with Crippen LogP contribution >= 0.6 is 12.4 Å². The highest BCUT2D eigenvalue weighted by Crippen LogP contribution is 2.19. The Labute approximate surface area is 124 Å².